The molecule has 0 aromatic heterocycles. The fourth-order valence-corrected chi connectivity index (χ4v) is 4.55. The van der Waals surface area contributed by atoms with Gasteiger partial charge in [0.25, 0.3) is 0 Å². The number of sulfonamides is 1. The van der Waals surface area contributed by atoms with E-state index in [0.717, 1.165) is 34.2 Å². The Labute approximate surface area is 162 Å². The van der Waals surface area contributed by atoms with Crippen LogP contribution in [0.4, 0.5) is 11.4 Å². The third kappa shape index (κ3) is 4.89. The predicted molar refractivity (Wildman–Crippen MR) is 112 cm³/mol. The number of carbonyl (C=O) groups is 1. The van der Waals surface area contributed by atoms with Gasteiger partial charge in [0, 0.05) is 5.69 Å². The van der Waals surface area contributed by atoms with Gasteiger partial charge in [-0.05, 0) is 57.4 Å². The first kappa shape index (κ1) is 21.0. The maximum Gasteiger partial charge on any atom is 0.248 e. The molecule has 2 aromatic carbocycles. The van der Waals surface area contributed by atoms with Crippen LogP contribution in [0.5, 0.6) is 0 Å². The molecule has 1 amide bonds. The molecule has 0 bridgehead atoms. The van der Waals surface area contributed by atoms with E-state index in [1.165, 1.54) is 4.31 Å². The van der Waals surface area contributed by atoms with Crippen LogP contribution in [-0.2, 0) is 14.8 Å². The second-order valence-corrected chi connectivity index (χ2v) is 8.94. The minimum absolute atomic E-state index is 0.335. The topological polar surface area (TPSA) is 66.5 Å². The van der Waals surface area contributed by atoms with E-state index in [9.17, 15) is 13.2 Å². The molecule has 0 saturated carbocycles. The summed E-state index contributed by atoms with van der Waals surface area (Å²) in [6.07, 6.45) is 1.49. The molecule has 0 fully saturated rings. The average Bonchev–Trinajstić information content (AvgIpc) is 2.55. The molecule has 0 aliphatic rings. The van der Waals surface area contributed by atoms with Crippen molar-refractivity contribution in [2.45, 2.75) is 47.1 Å². The zero-order valence-corrected chi connectivity index (χ0v) is 17.6. The highest BCUT2D eigenvalue weighted by molar-refractivity contribution is 7.92. The van der Waals surface area contributed by atoms with Crippen molar-refractivity contribution in [3.05, 3.63) is 58.7 Å². The second-order valence-electron chi connectivity index (χ2n) is 7.08. The SMILES string of the molecule is CC[C@H](C(=O)Nc1c(C)cc(C)cc1C)N(c1ccc(C)cc1)S(C)(=O)=O. The number of nitrogens with one attached hydrogen (secondary N) is 1. The molecule has 0 spiro atoms. The van der Waals surface area contributed by atoms with E-state index in [1.54, 1.807) is 12.1 Å². The number of anilines is 2. The van der Waals surface area contributed by atoms with Gasteiger partial charge in [-0.15, -0.1) is 0 Å². The first-order valence-corrected chi connectivity index (χ1v) is 10.8. The number of carbonyl (C=O) groups excluding carboxylic acids is 1. The highest BCUT2D eigenvalue weighted by Gasteiger charge is 2.31. The Hall–Kier alpha value is -2.34. The van der Waals surface area contributed by atoms with Crippen molar-refractivity contribution in [2.75, 3.05) is 15.9 Å². The number of rotatable bonds is 6. The molecule has 2 rings (SSSR count). The first-order chi connectivity index (χ1) is 12.5. The molecule has 146 valence electrons. The van der Waals surface area contributed by atoms with Gasteiger partial charge in [0.2, 0.25) is 15.9 Å². The van der Waals surface area contributed by atoms with Crippen LogP contribution >= 0.6 is 0 Å². The van der Waals surface area contributed by atoms with Crippen LogP contribution in [0.15, 0.2) is 36.4 Å². The van der Waals surface area contributed by atoms with E-state index in [0.29, 0.717) is 12.1 Å². The van der Waals surface area contributed by atoms with Crippen molar-refractivity contribution < 1.29 is 13.2 Å². The Bertz CT molecular complexity index is 911. The van der Waals surface area contributed by atoms with Crippen LogP contribution in [0.2, 0.25) is 0 Å². The Morgan fingerprint density at radius 2 is 1.52 bits per heavy atom. The van der Waals surface area contributed by atoms with Crippen molar-refractivity contribution >= 4 is 27.3 Å². The molecule has 0 heterocycles. The van der Waals surface area contributed by atoms with Gasteiger partial charge < -0.3 is 5.32 Å². The Balaban J connectivity index is 2.42. The van der Waals surface area contributed by atoms with Crippen LogP contribution in [0.3, 0.4) is 0 Å². The molecule has 0 radical (unpaired) electrons. The number of aryl methyl sites for hydroxylation is 4. The lowest BCUT2D eigenvalue weighted by molar-refractivity contribution is -0.117. The first-order valence-electron chi connectivity index (χ1n) is 8.99. The van der Waals surface area contributed by atoms with Crippen molar-refractivity contribution in [3.63, 3.8) is 0 Å². The largest absolute Gasteiger partial charge is 0.324 e. The maximum absolute atomic E-state index is 13.0. The van der Waals surface area contributed by atoms with Crippen molar-refractivity contribution in [1.29, 1.82) is 0 Å². The molecule has 1 atom stereocenters. The highest BCUT2D eigenvalue weighted by atomic mass is 32.2. The molecule has 27 heavy (non-hydrogen) atoms. The van der Waals surface area contributed by atoms with E-state index < -0.39 is 16.1 Å². The van der Waals surface area contributed by atoms with E-state index in [-0.39, 0.29) is 5.91 Å². The minimum Gasteiger partial charge on any atom is -0.324 e. The molecule has 0 saturated heterocycles. The minimum atomic E-state index is -3.63. The fourth-order valence-electron chi connectivity index (χ4n) is 3.34. The Kier molecular flexibility index (Phi) is 6.31. The van der Waals surface area contributed by atoms with Crippen molar-refractivity contribution in [3.8, 4) is 0 Å². The summed E-state index contributed by atoms with van der Waals surface area (Å²) in [4.78, 5) is 13.0. The van der Waals surface area contributed by atoms with Gasteiger partial charge in [0.15, 0.2) is 0 Å². The maximum atomic E-state index is 13.0. The lowest BCUT2D eigenvalue weighted by Gasteiger charge is -2.30. The van der Waals surface area contributed by atoms with Gasteiger partial charge in [-0.2, -0.15) is 0 Å². The Morgan fingerprint density at radius 3 is 1.96 bits per heavy atom. The summed E-state index contributed by atoms with van der Waals surface area (Å²) in [5.74, 6) is -0.335. The lowest BCUT2D eigenvalue weighted by atomic mass is 10.0. The van der Waals surface area contributed by atoms with Gasteiger partial charge in [0.1, 0.15) is 6.04 Å². The van der Waals surface area contributed by atoms with Gasteiger partial charge >= 0.3 is 0 Å². The summed E-state index contributed by atoms with van der Waals surface area (Å²) in [6.45, 7) is 9.62. The molecule has 1 N–H and O–H groups in total. The molecule has 0 unspecified atom stereocenters. The monoisotopic (exact) mass is 388 g/mol. The summed E-state index contributed by atoms with van der Waals surface area (Å²) < 4.78 is 26.2. The zero-order chi connectivity index (χ0) is 20.4. The summed E-state index contributed by atoms with van der Waals surface area (Å²) in [7, 11) is -3.63. The smallest absolute Gasteiger partial charge is 0.248 e. The number of nitrogens with zero attached hydrogens (tertiary/aromatic N) is 1. The third-order valence-electron chi connectivity index (χ3n) is 4.54. The molecular weight excluding hydrogens is 360 g/mol. The molecule has 0 aliphatic carbocycles. The van der Waals surface area contributed by atoms with E-state index in [1.807, 2.05) is 58.9 Å². The number of hydrogen-bond acceptors (Lipinski definition) is 3. The van der Waals surface area contributed by atoms with Crippen LogP contribution in [0.25, 0.3) is 0 Å². The van der Waals surface area contributed by atoms with E-state index in [2.05, 4.69) is 5.32 Å². The van der Waals surface area contributed by atoms with Gasteiger partial charge in [-0.3, -0.25) is 9.10 Å². The van der Waals surface area contributed by atoms with Gasteiger partial charge in [-0.1, -0.05) is 42.3 Å². The van der Waals surface area contributed by atoms with Crippen molar-refractivity contribution in [2.24, 2.45) is 0 Å². The predicted octanol–water partition coefficient (Wildman–Crippen LogP) is 4.10. The average molecular weight is 389 g/mol. The van der Waals surface area contributed by atoms with Crippen LogP contribution in [0, 0.1) is 27.7 Å². The van der Waals surface area contributed by atoms with Gasteiger partial charge in [-0.25, -0.2) is 8.42 Å². The molecule has 6 heteroatoms. The van der Waals surface area contributed by atoms with E-state index in [4.69, 9.17) is 0 Å². The van der Waals surface area contributed by atoms with Crippen molar-refractivity contribution in [1.82, 2.24) is 0 Å². The highest BCUT2D eigenvalue weighted by Crippen LogP contribution is 2.26. The summed E-state index contributed by atoms with van der Waals surface area (Å²) in [5, 5.41) is 2.95. The number of amides is 1. The number of benzene rings is 2. The fraction of sp³-hybridized carbons (Fsp3) is 0.381. The summed E-state index contributed by atoms with van der Waals surface area (Å²) >= 11 is 0. The van der Waals surface area contributed by atoms with Crippen LogP contribution < -0.4 is 9.62 Å². The zero-order valence-electron chi connectivity index (χ0n) is 16.8. The summed E-state index contributed by atoms with van der Waals surface area (Å²) in [6, 6.07) is 10.3. The summed E-state index contributed by atoms with van der Waals surface area (Å²) in [5.41, 5.74) is 5.28. The number of hydrogen-bond donors (Lipinski definition) is 1. The second kappa shape index (κ2) is 8.13. The normalized spacial score (nSPS) is 12.5. The molecule has 2 aromatic rings. The van der Waals surface area contributed by atoms with Gasteiger partial charge in [0.05, 0.1) is 11.9 Å². The van der Waals surface area contributed by atoms with E-state index >= 15 is 0 Å². The van der Waals surface area contributed by atoms with Crippen LogP contribution in [-0.4, -0.2) is 26.6 Å². The van der Waals surface area contributed by atoms with Crippen LogP contribution in [0.1, 0.15) is 35.6 Å². The Morgan fingerprint density at radius 1 is 1.00 bits per heavy atom. The third-order valence-corrected chi connectivity index (χ3v) is 5.72. The quantitative estimate of drug-likeness (QED) is 0.810. The molecule has 0 aliphatic heterocycles. The lowest BCUT2D eigenvalue weighted by Crippen LogP contribution is -2.47. The standard InChI is InChI=1S/C21H28N2O3S/c1-7-19(21(24)22-20-16(4)12-15(3)13-17(20)5)23(27(6,25)26)18-10-8-14(2)9-11-18/h8-13,19H,7H2,1-6H3,(H,22,24)/t19-/m1/s1. The molecule has 5 nitrogen and oxygen atoms in total. The molecular formula is C21H28N2O3S.